The number of benzene rings is 2. The van der Waals surface area contributed by atoms with Crippen LogP contribution in [0.5, 0.6) is 0 Å². The first-order valence-electron chi connectivity index (χ1n) is 7.22. The fourth-order valence-corrected chi connectivity index (χ4v) is 2.35. The van der Waals surface area contributed by atoms with Crippen molar-refractivity contribution in [2.24, 2.45) is 0 Å². The number of carbonyl (C=O) groups excluding carboxylic acids is 1. The zero-order valence-corrected chi connectivity index (χ0v) is 14.1. The van der Waals surface area contributed by atoms with Gasteiger partial charge in [-0.2, -0.15) is 0 Å². The van der Waals surface area contributed by atoms with Crippen molar-refractivity contribution in [2.45, 2.75) is 20.0 Å². The molecule has 0 aliphatic rings. The zero-order valence-electron chi connectivity index (χ0n) is 13.4. The zero-order chi connectivity index (χ0) is 16.3. The van der Waals surface area contributed by atoms with E-state index in [2.05, 4.69) is 0 Å². The lowest BCUT2D eigenvalue weighted by molar-refractivity contribution is 0.0743. The van der Waals surface area contributed by atoms with E-state index in [1.54, 1.807) is 4.90 Å². The maximum atomic E-state index is 12.6. The second kappa shape index (κ2) is 6.84. The molecule has 1 atom stereocenters. The van der Waals surface area contributed by atoms with Gasteiger partial charge in [-0.1, -0.05) is 29.3 Å². The highest BCUT2D eigenvalue weighted by atomic mass is 35.5. The molecule has 0 saturated heterocycles. The number of hydrogen-bond donors (Lipinski definition) is 0. The Kier molecular flexibility index (Phi) is 5.09. The fraction of sp³-hybridized carbons (Fsp3) is 0.278. The van der Waals surface area contributed by atoms with Gasteiger partial charge >= 0.3 is 0 Å². The number of carbonyl (C=O) groups is 1. The van der Waals surface area contributed by atoms with Crippen molar-refractivity contribution >= 4 is 23.2 Å². The second-order valence-corrected chi connectivity index (χ2v) is 5.94. The van der Waals surface area contributed by atoms with E-state index >= 15 is 0 Å². The Labute approximate surface area is 137 Å². The molecule has 0 spiro atoms. The van der Waals surface area contributed by atoms with E-state index < -0.39 is 0 Å². The highest BCUT2D eigenvalue weighted by molar-refractivity contribution is 6.30. The van der Waals surface area contributed by atoms with E-state index in [-0.39, 0.29) is 12.1 Å². The van der Waals surface area contributed by atoms with Crippen LogP contribution in [0, 0.1) is 6.92 Å². The molecular weight excluding hydrogens is 296 g/mol. The van der Waals surface area contributed by atoms with E-state index in [4.69, 9.17) is 11.6 Å². The highest BCUT2D eigenvalue weighted by Gasteiger charge is 2.21. The normalized spacial score (nSPS) is 11.9. The minimum Gasteiger partial charge on any atom is -0.354 e. The number of nitrogens with zero attached hydrogens (tertiary/aromatic N) is 2. The van der Waals surface area contributed by atoms with Crippen molar-refractivity contribution in [2.75, 3.05) is 19.0 Å². The number of hydrogen-bond acceptors (Lipinski definition) is 2. The quantitative estimate of drug-likeness (QED) is 0.789. The average Bonchev–Trinajstić information content (AvgIpc) is 2.53. The molecule has 22 heavy (non-hydrogen) atoms. The topological polar surface area (TPSA) is 23.6 Å². The van der Waals surface area contributed by atoms with Gasteiger partial charge in [-0.3, -0.25) is 4.79 Å². The van der Waals surface area contributed by atoms with Crippen molar-refractivity contribution in [3.05, 3.63) is 64.7 Å². The van der Waals surface area contributed by atoms with Crippen LogP contribution in [0.25, 0.3) is 0 Å². The van der Waals surface area contributed by atoms with Gasteiger partial charge in [0.1, 0.15) is 6.17 Å². The third kappa shape index (κ3) is 3.60. The molecule has 3 nitrogen and oxygen atoms in total. The van der Waals surface area contributed by atoms with Crippen LogP contribution in [0.3, 0.4) is 0 Å². The molecule has 1 amide bonds. The van der Waals surface area contributed by atoms with Crippen molar-refractivity contribution in [3.63, 3.8) is 0 Å². The maximum absolute atomic E-state index is 12.6. The summed E-state index contributed by atoms with van der Waals surface area (Å²) >= 11 is 5.92. The Morgan fingerprint density at radius 3 is 2.09 bits per heavy atom. The van der Waals surface area contributed by atoms with E-state index in [1.165, 1.54) is 0 Å². The molecule has 0 saturated carbocycles. The monoisotopic (exact) mass is 316 g/mol. The largest absolute Gasteiger partial charge is 0.354 e. The number of anilines is 1. The fourth-order valence-electron chi connectivity index (χ4n) is 2.22. The Bertz CT molecular complexity index is 637. The predicted molar refractivity (Wildman–Crippen MR) is 92.6 cm³/mol. The molecular formula is C18H21ClN2O. The number of halogens is 1. The summed E-state index contributed by atoms with van der Waals surface area (Å²) in [5, 5.41) is 0.703. The van der Waals surface area contributed by atoms with Crippen molar-refractivity contribution in [1.29, 1.82) is 0 Å². The molecule has 4 heteroatoms. The minimum absolute atomic E-state index is 0.00770. The molecule has 1 unspecified atom stereocenters. The standard InChI is InChI=1S/C18H21ClN2O/c1-13-5-7-15(8-6-13)18(22)21(4)14(2)20(3)17-11-9-16(19)10-12-17/h5-12,14H,1-4H3. The van der Waals surface area contributed by atoms with Crippen molar-refractivity contribution < 1.29 is 4.79 Å². The van der Waals surface area contributed by atoms with E-state index in [9.17, 15) is 4.79 Å². The molecule has 0 aliphatic heterocycles. The van der Waals surface area contributed by atoms with Crippen LogP contribution in [-0.4, -0.2) is 31.1 Å². The summed E-state index contributed by atoms with van der Waals surface area (Å²) in [6, 6.07) is 15.2. The molecule has 2 rings (SSSR count). The SMILES string of the molecule is Cc1ccc(C(=O)N(C)C(C)N(C)c2ccc(Cl)cc2)cc1. The third-order valence-corrected chi connectivity index (χ3v) is 4.23. The van der Waals surface area contributed by atoms with Crippen LogP contribution in [0.15, 0.2) is 48.5 Å². The van der Waals surface area contributed by atoms with Gasteiger partial charge in [0.2, 0.25) is 0 Å². The molecule has 0 fully saturated rings. The summed E-state index contributed by atoms with van der Waals surface area (Å²) in [5.74, 6) is 0.00770. The smallest absolute Gasteiger partial charge is 0.255 e. The number of aryl methyl sites for hydroxylation is 1. The lowest BCUT2D eigenvalue weighted by Gasteiger charge is -2.34. The van der Waals surface area contributed by atoms with Crippen LogP contribution < -0.4 is 4.90 Å². The second-order valence-electron chi connectivity index (χ2n) is 5.50. The molecule has 0 heterocycles. The third-order valence-electron chi connectivity index (χ3n) is 3.97. The van der Waals surface area contributed by atoms with Gasteiger partial charge < -0.3 is 9.80 Å². The van der Waals surface area contributed by atoms with E-state index in [0.29, 0.717) is 10.6 Å². The van der Waals surface area contributed by atoms with Crippen LogP contribution in [0.1, 0.15) is 22.8 Å². The highest BCUT2D eigenvalue weighted by Crippen LogP contribution is 2.20. The van der Waals surface area contributed by atoms with Crippen LogP contribution in [0.4, 0.5) is 5.69 Å². The predicted octanol–water partition coefficient (Wildman–Crippen LogP) is 4.20. The van der Waals surface area contributed by atoms with Crippen molar-refractivity contribution in [1.82, 2.24) is 4.90 Å². The first-order chi connectivity index (χ1) is 10.4. The Balaban J connectivity index is 2.13. The van der Waals surface area contributed by atoms with Crippen molar-refractivity contribution in [3.8, 4) is 0 Å². The van der Waals surface area contributed by atoms with E-state index in [1.807, 2.05) is 81.4 Å². The lowest BCUT2D eigenvalue weighted by atomic mass is 10.1. The molecule has 0 radical (unpaired) electrons. The first-order valence-corrected chi connectivity index (χ1v) is 7.60. The number of amides is 1. The van der Waals surface area contributed by atoms with Gasteiger partial charge in [-0.15, -0.1) is 0 Å². The van der Waals surface area contributed by atoms with Gasteiger partial charge in [0, 0.05) is 30.4 Å². The molecule has 0 bridgehead atoms. The molecule has 2 aromatic carbocycles. The Morgan fingerprint density at radius 2 is 1.55 bits per heavy atom. The van der Waals surface area contributed by atoms with Gasteiger partial charge in [0.15, 0.2) is 0 Å². The number of rotatable bonds is 4. The maximum Gasteiger partial charge on any atom is 0.255 e. The summed E-state index contributed by atoms with van der Waals surface area (Å²) in [7, 11) is 3.78. The summed E-state index contributed by atoms with van der Waals surface area (Å²) < 4.78 is 0. The van der Waals surface area contributed by atoms with Gasteiger partial charge in [-0.25, -0.2) is 0 Å². The van der Waals surface area contributed by atoms with E-state index in [0.717, 1.165) is 11.3 Å². The average molecular weight is 317 g/mol. The Morgan fingerprint density at radius 1 is 1.00 bits per heavy atom. The summed E-state index contributed by atoms with van der Waals surface area (Å²) in [5.41, 5.74) is 2.86. The van der Waals surface area contributed by atoms with Crippen LogP contribution in [-0.2, 0) is 0 Å². The summed E-state index contributed by atoms with van der Waals surface area (Å²) in [6.07, 6.45) is -0.0741. The molecule has 0 aromatic heterocycles. The van der Waals surface area contributed by atoms with Gasteiger partial charge in [-0.05, 0) is 50.2 Å². The lowest BCUT2D eigenvalue weighted by Crippen LogP contribution is -2.45. The molecule has 116 valence electrons. The van der Waals surface area contributed by atoms with Gasteiger partial charge in [0.05, 0.1) is 0 Å². The summed E-state index contributed by atoms with van der Waals surface area (Å²) in [4.78, 5) is 16.3. The molecule has 0 N–H and O–H groups in total. The van der Waals surface area contributed by atoms with Crippen LogP contribution in [0.2, 0.25) is 5.02 Å². The minimum atomic E-state index is -0.0741. The van der Waals surface area contributed by atoms with Crippen LogP contribution >= 0.6 is 11.6 Å². The van der Waals surface area contributed by atoms with Gasteiger partial charge in [0.25, 0.3) is 5.91 Å². The molecule has 0 aliphatic carbocycles. The molecule has 2 aromatic rings. The Hall–Kier alpha value is -2.00. The summed E-state index contributed by atoms with van der Waals surface area (Å²) in [6.45, 7) is 4.01. The first kappa shape index (κ1) is 16.4.